The number of β-amino-alcohol motifs (C(OH)–C–C–N with tert-alkyl or cyclic N) is 1. The van der Waals surface area contributed by atoms with Crippen molar-refractivity contribution >= 4 is 28.4 Å². The van der Waals surface area contributed by atoms with Gasteiger partial charge >= 0.3 is 11.8 Å². The highest BCUT2D eigenvalue weighted by Crippen LogP contribution is 2.21. The van der Waals surface area contributed by atoms with Gasteiger partial charge in [0, 0.05) is 31.5 Å². The summed E-state index contributed by atoms with van der Waals surface area (Å²) in [4.78, 5) is 25.8. The van der Waals surface area contributed by atoms with Crippen molar-refractivity contribution in [2.24, 2.45) is 0 Å². The van der Waals surface area contributed by atoms with Crippen LogP contribution in [0.2, 0.25) is 0 Å². The van der Waals surface area contributed by atoms with E-state index in [1.807, 2.05) is 24.4 Å². The van der Waals surface area contributed by atoms with E-state index in [0.29, 0.717) is 18.7 Å². The Bertz CT molecular complexity index is 738. The molecule has 1 atom stereocenters. The minimum atomic E-state index is -0.659. The molecule has 0 aliphatic carbocycles. The van der Waals surface area contributed by atoms with Gasteiger partial charge in [-0.1, -0.05) is 6.07 Å². The number of aryl methyl sites for hydroxylation is 1. The molecule has 2 amide bonds. The van der Waals surface area contributed by atoms with Gasteiger partial charge in [-0.3, -0.25) is 9.59 Å². The summed E-state index contributed by atoms with van der Waals surface area (Å²) in [6.45, 7) is 3.63. The third-order valence-electron chi connectivity index (χ3n) is 4.25. The van der Waals surface area contributed by atoms with Crippen molar-refractivity contribution in [2.75, 3.05) is 18.4 Å². The lowest BCUT2D eigenvalue weighted by Gasteiger charge is -2.29. The molecular weight excluding hydrogens is 294 g/mol. The van der Waals surface area contributed by atoms with Gasteiger partial charge in [0.2, 0.25) is 0 Å². The first-order valence-electron chi connectivity index (χ1n) is 7.95. The number of aliphatic hydroxyl groups excluding tert-OH is 1. The fraction of sp³-hybridized carbons (Fsp3) is 0.412. The van der Waals surface area contributed by atoms with Gasteiger partial charge in [0.15, 0.2) is 0 Å². The molecule has 6 nitrogen and oxygen atoms in total. The van der Waals surface area contributed by atoms with E-state index in [4.69, 9.17) is 0 Å². The zero-order chi connectivity index (χ0) is 16.4. The molecule has 2 heterocycles. The molecule has 1 unspecified atom stereocenters. The van der Waals surface area contributed by atoms with Gasteiger partial charge in [-0.25, -0.2) is 0 Å². The molecule has 23 heavy (non-hydrogen) atoms. The van der Waals surface area contributed by atoms with E-state index < -0.39 is 17.9 Å². The van der Waals surface area contributed by atoms with Crippen LogP contribution in [-0.4, -0.2) is 45.6 Å². The number of hydrogen-bond donors (Lipinski definition) is 2. The first-order valence-corrected chi connectivity index (χ1v) is 7.95. The lowest BCUT2D eigenvalue weighted by atomic mass is 10.1. The molecule has 1 aliphatic heterocycles. The van der Waals surface area contributed by atoms with Crippen LogP contribution in [0.15, 0.2) is 30.5 Å². The number of hydrogen-bond acceptors (Lipinski definition) is 3. The van der Waals surface area contributed by atoms with Crippen LogP contribution in [0.3, 0.4) is 0 Å². The van der Waals surface area contributed by atoms with E-state index in [9.17, 15) is 14.7 Å². The monoisotopic (exact) mass is 315 g/mol. The van der Waals surface area contributed by atoms with Crippen LogP contribution in [0, 0.1) is 0 Å². The summed E-state index contributed by atoms with van der Waals surface area (Å²) >= 11 is 0. The highest BCUT2D eigenvalue weighted by atomic mass is 16.3. The summed E-state index contributed by atoms with van der Waals surface area (Å²) in [6.07, 6.45) is 2.85. The van der Waals surface area contributed by atoms with Gasteiger partial charge in [-0.15, -0.1) is 0 Å². The number of aliphatic hydroxyl groups is 1. The molecule has 1 fully saturated rings. The SMILES string of the molecule is CCn1ccc2ccc(NC(=O)C(=O)N3CCCC(O)C3)cc21. The van der Waals surface area contributed by atoms with Crippen LogP contribution in [-0.2, 0) is 16.1 Å². The van der Waals surface area contributed by atoms with E-state index in [1.54, 1.807) is 6.07 Å². The fourth-order valence-electron chi connectivity index (χ4n) is 3.00. The van der Waals surface area contributed by atoms with Crippen LogP contribution in [0.4, 0.5) is 5.69 Å². The maximum absolute atomic E-state index is 12.2. The Balaban J connectivity index is 1.73. The fourth-order valence-corrected chi connectivity index (χ4v) is 3.00. The Morgan fingerprint density at radius 1 is 1.35 bits per heavy atom. The number of carbonyl (C=O) groups excluding carboxylic acids is 2. The van der Waals surface area contributed by atoms with Crippen LogP contribution < -0.4 is 5.32 Å². The quantitative estimate of drug-likeness (QED) is 0.826. The second-order valence-corrected chi connectivity index (χ2v) is 5.88. The molecule has 1 aromatic heterocycles. The van der Waals surface area contributed by atoms with E-state index in [1.165, 1.54) is 4.90 Å². The van der Waals surface area contributed by atoms with Crippen molar-refractivity contribution < 1.29 is 14.7 Å². The zero-order valence-electron chi connectivity index (χ0n) is 13.2. The average molecular weight is 315 g/mol. The summed E-state index contributed by atoms with van der Waals surface area (Å²) < 4.78 is 2.08. The molecule has 2 aromatic rings. The highest BCUT2D eigenvalue weighted by Gasteiger charge is 2.26. The number of nitrogens with zero attached hydrogens (tertiary/aromatic N) is 2. The minimum Gasteiger partial charge on any atom is -0.391 e. The van der Waals surface area contributed by atoms with Crippen molar-refractivity contribution in [3.63, 3.8) is 0 Å². The molecule has 1 aromatic carbocycles. The van der Waals surface area contributed by atoms with Gasteiger partial charge in [0.25, 0.3) is 0 Å². The Hall–Kier alpha value is -2.34. The second-order valence-electron chi connectivity index (χ2n) is 5.88. The summed E-state index contributed by atoms with van der Waals surface area (Å²) in [5, 5.41) is 13.4. The lowest BCUT2D eigenvalue weighted by Crippen LogP contribution is -2.46. The normalized spacial score (nSPS) is 18.2. The summed E-state index contributed by atoms with van der Waals surface area (Å²) in [6, 6.07) is 7.60. The standard InChI is InChI=1S/C17H21N3O3/c1-2-19-9-7-12-5-6-13(10-15(12)19)18-16(22)17(23)20-8-3-4-14(21)11-20/h5-7,9-10,14,21H,2-4,8,11H2,1H3,(H,18,22). The first kappa shape index (κ1) is 15.6. The molecule has 0 radical (unpaired) electrons. The number of piperidine rings is 1. The van der Waals surface area contributed by atoms with E-state index in [2.05, 4.69) is 16.8 Å². The number of likely N-dealkylation sites (tertiary alicyclic amines) is 1. The Kier molecular flexibility index (Phi) is 4.34. The number of aromatic nitrogens is 1. The molecule has 0 saturated carbocycles. The van der Waals surface area contributed by atoms with Crippen molar-refractivity contribution in [3.05, 3.63) is 30.5 Å². The van der Waals surface area contributed by atoms with Crippen molar-refractivity contribution in [3.8, 4) is 0 Å². The number of anilines is 1. The zero-order valence-corrected chi connectivity index (χ0v) is 13.2. The Morgan fingerprint density at radius 3 is 2.91 bits per heavy atom. The number of carbonyl (C=O) groups is 2. The molecule has 0 bridgehead atoms. The van der Waals surface area contributed by atoms with Crippen molar-refractivity contribution in [2.45, 2.75) is 32.4 Å². The van der Waals surface area contributed by atoms with Gasteiger partial charge < -0.3 is 19.9 Å². The van der Waals surface area contributed by atoms with Gasteiger partial charge in [0.1, 0.15) is 0 Å². The summed E-state index contributed by atoms with van der Waals surface area (Å²) in [5.41, 5.74) is 1.62. The first-order chi connectivity index (χ1) is 11.1. The van der Waals surface area contributed by atoms with Crippen LogP contribution in [0.25, 0.3) is 10.9 Å². The molecule has 1 saturated heterocycles. The second kappa shape index (κ2) is 6.42. The lowest BCUT2D eigenvalue weighted by molar-refractivity contribution is -0.145. The van der Waals surface area contributed by atoms with Gasteiger partial charge in [0.05, 0.1) is 11.6 Å². The highest BCUT2D eigenvalue weighted by molar-refractivity contribution is 6.39. The van der Waals surface area contributed by atoms with Crippen molar-refractivity contribution in [1.82, 2.24) is 9.47 Å². The molecule has 3 rings (SSSR count). The van der Waals surface area contributed by atoms with Crippen molar-refractivity contribution in [1.29, 1.82) is 0 Å². The van der Waals surface area contributed by atoms with Crippen LogP contribution >= 0.6 is 0 Å². The predicted octanol–water partition coefficient (Wildman–Crippen LogP) is 1.58. The molecule has 2 N–H and O–H groups in total. The Labute approximate surface area is 134 Å². The van der Waals surface area contributed by atoms with Crippen LogP contribution in [0.5, 0.6) is 0 Å². The van der Waals surface area contributed by atoms with E-state index in [0.717, 1.165) is 23.9 Å². The third-order valence-corrected chi connectivity index (χ3v) is 4.25. The maximum Gasteiger partial charge on any atom is 0.313 e. The minimum absolute atomic E-state index is 0.226. The molecular formula is C17H21N3O3. The summed E-state index contributed by atoms with van der Waals surface area (Å²) in [7, 11) is 0. The maximum atomic E-state index is 12.2. The van der Waals surface area contributed by atoms with E-state index in [-0.39, 0.29) is 6.54 Å². The number of fused-ring (bicyclic) bond motifs is 1. The smallest absolute Gasteiger partial charge is 0.313 e. The molecule has 0 spiro atoms. The largest absolute Gasteiger partial charge is 0.391 e. The third kappa shape index (κ3) is 3.22. The van der Waals surface area contributed by atoms with Gasteiger partial charge in [-0.05, 0) is 43.4 Å². The van der Waals surface area contributed by atoms with Crippen LogP contribution in [0.1, 0.15) is 19.8 Å². The van der Waals surface area contributed by atoms with E-state index >= 15 is 0 Å². The number of nitrogens with one attached hydrogen (secondary N) is 1. The number of amides is 2. The predicted molar refractivity (Wildman–Crippen MR) is 88.1 cm³/mol. The topological polar surface area (TPSA) is 74.6 Å². The number of rotatable bonds is 2. The van der Waals surface area contributed by atoms with Gasteiger partial charge in [-0.2, -0.15) is 0 Å². The average Bonchev–Trinajstić information content (AvgIpc) is 2.96. The molecule has 6 heteroatoms. The number of benzene rings is 1. The summed E-state index contributed by atoms with van der Waals surface area (Å²) in [5.74, 6) is -1.25. The Morgan fingerprint density at radius 2 is 2.17 bits per heavy atom. The molecule has 122 valence electrons. The molecule has 1 aliphatic rings.